The van der Waals surface area contributed by atoms with E-state index in [1.165, 1.54) is 18.4 Å². The number of hydrogen-bond donors (Lipinski definition) is 2. The first kappa shape index (κ1) is 17.4. The van der Waals surface area contributed by atoms with E-state index in [0.717, 1.165) is 32.6 Å². The Morgan fingerprint density at radius 1 is 1.23 bits per heavy atom. The van der Waals surface area contributed by atoms with Gasteiger partial charge in [0.05, 0.1) is 6.10 Å². The lowest BCUT2D eigenvalue weighted by atomic mass is 10.0. The van der Waals surface area contributed by atoms with E-state index in [-0.39, 0.29) is 6.10 Å². The summed E-state index contributed by atoms with van der Waals surface area (Å²) in [5.41, 5.74) is 1.43. The number of benzene rings is 1. The van der Waals surface area contributed by atoms with E-state index in [1.54, 1.807) is 0 Å². The van der Waals surface area contributed by atoms with E-state index in [1.807, 2.05) is 19.0 Å². The van der Waals surface area contributed by atoms with Crippen molar-refractivity contribution in [3.63, 3.8) is 0 Å². The van der Waals surface area contributed by atoms with Crippen molar-refractivity contribution in [1.29, 1.82) is 0 Å². The highest BCUT2D eigenvalue weighted by atomic mass is 16.3. The van der Waals surface area contributed by atoms with Gasteiger partial charge in [0.2, 0.25) is 0 Å². The molecule has 1 heterocycles. The van der Waals surface area contributed by atoms with Gasteiger partial charge in [-0.05, 0) is 52.0 Å². The predicted molar refractivity (Wildman–Crippen MR) is 92.2 cm³/mol. The smallest absolute Gasteiger partial charge is 0.0791 e. The molecule has 22 heavy (non-hydrogen) atoms. The van der Waals surface area contributed by atoms with Crippen molar-refractivity contribution in [3.05, 3.63) is 35.9 Å². The summed E-state index contributed by atoms with van der Waals surface area (Å²) in [5, 5.41) is 13.4. The van der Waals surface area contributed by atoms with Gasteiger partial charge < -0.3 is 20.2 Å². The number of aliphatic hydroxyl groups excluding tert-OH is 1. The first-order valence-corrected chi connectivity index (χ1v) is 8.46. The minimum atomic E-state index is -0.272. The van der Waals surface area contributed by atoms with Gasteiger partial charge in [0.15, 0.2) is 0 Å². The predicted octanol–water partition coefficient (Wildman–Crippen LogP) is 1.21. The highest BCUT2D eigenvalue weighted by Crippen LogP contribution is 2.11. The van der Waals surface area contributed by atoms with E-state index < -0.39 is 0 Å². The summed E-state index contributed by atoms with van der Waals surface area (Å²) >= 11 is 0. The van der Waals surface area contributed by atoms with Crippen LogP contribution in [0.25, 0.3) is 0 Å². The van der Waals surface area contributed by atoms with Crippen molar-refractivity contribution < 1.29 is 5.11 Å². The van der Waals surface area contributed by atoms with Gasteiger partial charge >= 0.3 is 0 Å². The summed E-state index contributed by atoms with van der Waals surface area (Å²) in [7, 11) is 3.99. The van der Waals surface area contributed by atoms with Crippen LogP contribution < -0.4 is 5.32 Å². The molecule has 0 spiro atoms. The topological polar surface area (TPSA) is 38.7 Å². The van der Waals surface area contributed by atoms with E-state index in [9.17, 15) is 5.11 Å². The molecule has 0 bridgehead atoms. The molecule has 124 valence electrons. The molecular formula is C18H31N3O. The molecule has 1 fully saturated rings. The first-order valence-electron chi connectivity index (χ1n) is 8.46. The van der Waals surface area contributed by atoms with Gasteiger partial charge in [-0.3, -0.25) is 0 Å². The monoisotopic (exact) mass is 305 g/mol. The molecule has 1 unspecified atom stereocenters. The molecule has 1 saturated heterocycles. The van der Waals surface area contributed by atoms with E-state index in [2.05, 4.69) is 40.5 Å². The van der Waals surface area contributed by atoms with Crippen molar-refractivity contribution in [3.8, 4) is 0 Å². The molecule has 4 heteroatoms. The van der Waals surface area contributed by atoms with Crippen LogP contribution in [0.1, 0.15) is 18.4 Å². The summed E-state index contributed by atoms with van der Waals surface area (Å²) in [6.07, 6.45) is 3.24. The molecule has 0 aromatic heterocycles. The van der Waals surface area contributed by atoms with Crippen LogP contribution in [0.2, 0.25) is 0 Å². The fraction of sp³-hybridized carbons (Fsp3) is 0.667. The highest BCUT2D eigenvalue weighted by molar-refractivity contribution is 5.14. The van der Waals surface area contributed by atoms with Crippen molar-refractivity contribution in [2.24, 2.45) is 0 Å². The molecular weight excluding hydrogens is 274 g/mol. The zero-order chi connectivity index (χ0) is 15.8. The molecule has 1 aliphatic heterocycles. The van der Waals surface area contributed by atoms with Crippen LogP contribution in [-0.2, 0) is 6.42 Å². The van der Waals surface area contributed by atoms with E-state index in [4.69, 9.17) is 0 Å². The van der Waals surface area contributed by atoms with Crippen LogP contribution in [0.5, 0.6) is 0 Å². The Hall–Kier alpha value is -0.940. The number of nitrogens with one attached hydrogen (secondary N) is 1. The third-order valence-electron chi connectivity index (χ3n) is 4.37. The van der Waals surface area contributed by atoms with Gasteiger partial charge in [-0.2, -0.15) is 0 Å². The number of rotatable bonds is 8. The van der Waals surface area contributed by atoms with Crippen LogP contribution in [0.4, 0.5) is 0 Å². The lowest BCUT2D eigenvalue weighted by Gasteiger charge is -2.33. The number of piperidine rings is 1. The average Bonchev–Trinajstić information content (AvgIpc) is 2.52. The molecule has 2 N–H and O–H groups in total. The molecule has 1 atom stereocenters. The lowest BCUT2D eigenvalue weighted by molar-refractivity contribution is 0.123. The Kier molecular flexibility index (Phi) is 7.33. The van der Waals surface area contributed by atoms with Gasteiger partial charge in [-0.15, -0.1) is 0 Å². The maximum atomic E-state index is 9.90. The highest BCUT2D eigenvalue weighted by Gasteiger charge is 2.19. The maximum absolute atomic E-state index is 9.90. The summed E-state index contributed by atoms with van der Waals surface area (Å²) in [6.45, 7) is 4.90. The Balaban J connectivity index is 1.59. The minimum Gasteiger partial charge on any atom is -0.390 e. The Labute approximate surface area is 135 Å². The number of likely N-dealkylation sites (tertiary alicyclic amines) is 1. The Morgan fingerprint density at radius 2 is 1.91 bits per heavy atom. The van der Waals surface area contributed by atoms with Crippen LogP contribution in [0, 0.1) is 0 Å². The van der Waals surface area contributed by atoms with Gasteiger partial charge in [0, 0.05) is 25.7 Å². The van der Waals surface area contributed by atoms with Crippen molar-refractivity contribution in [1.82, 2.24) is 15.1 Å². The van der Waals surface area contributed by atoms with Crippen molar-refractivity contribution in [2.75, 3.05) is 46.8 Å². The van der Waals surface area contributed by atoms with Crippen molar-refractivity contribution >= 4 is 0 Å². The second-order valence-electron chi connectivity index (χ2n) is 6.68. The molecule has 1 aliphatic rings. The fourth-order valence-corrected chi connectivity index (χ4v) is 3.08. The molecule has 4 nitrogen and oxygen atoms in total. The molecule has 0 aliphatic carbocycles. The zero-order valence-corrected chi connectivity index (χ0v) is 14.0. The molecule has 0 saturated carbocycles. The van der Waals surface area contributed by atoms with Gasteiger partial charge in [0.25, 0.3) is 0 Å². The maximum Gasteiger partial charge on any atom is 0.0791 e. The van der Waals surface area contributed by atoms with E-state index >= 15 is 0 Å². The quantitative estimate of drug-likeness (QED) is 0.757. The Bertz CT molecular complexity index is 402. The largest absolute Gasteiger partial charge is 0.390 e. The van der Waals surface area contributed by atoms with Gasteiger partial charge in [-0.1, -0.05) is 30.3 Å². The van der Waals surface area contributed by atoms with Crippen LogP contribution in [0.15, 0.2) is 30.3 Å². The standard InChI is InChI=1S/C18H31N3O/c1-20(2)15-18(22)14-19-17-9-12-21(13-10-17)11-8-16-6-4-3-5-7-16/h3-7,17-19,22H,8-15H2,1-2H3. The van der Waals surface area contributed by atoms with Crippen LogP contribution in [-0.4, -0.2) is 73.9 Å². The first-order chi connectivity index (χ1) is 10.6. The second kappa shape index (κ2) is 9.26. The van der Waals surface area contributed by atoms with E-state index in [0.29, 0.717) is 12.6 Å². The zero-order valence-electron chi connectivity index (χ0n) is 14.0. The summed E-state index contributed by atoms with van der Waals surface area (Å²) < 4.78 is 0. The number of likely N-dealkylation sites (N-methyl/N-ethyl adjacent to an activating group) is 1. The molecule has 2 rings (SSSR count). The number of hydrogen-bond acceptors (Lipinski definition) is 4. The van der Waals surface area contributed by atoms with Gasteiger partial charge in [-0.25, -0.2) is 0 Å². The lowest BCUT2D eigenvalue weighted by Crippen LogP contribution is -2.46. The molecule has 0 radical (unpaired) electrons. The molecule has 1 aromatic rings. The summed E-state index contributed by atoms with van der Waals surface area (Å²) in [4.78, 5) is 4.58. The van der Waals surface area contributed by atoms with Gasteiger partial charge in [0.1, 0.15) is 0 Å². The average molecular weight is 305 g/mol. The second-order valence-corrected chi connectivity index (χ2v) is 6.68. The minimum absolute atomic E-state index is 0.272. The number of nitrogens with zero attached hydrogens (tertiary/aromatic N) is 2. The normalized spacial score (nSPS) is 18.7. The Morgan fingerprint density at radius 3 is 2.55 bits per heavy atom. The van der Waals surface area contributed by atoms with Crippen molar-refractivity contribution in [2.45, 2.75) is 31.4 Å². The SMILES string of the molecule is CN(C)CC(O)CNC1CCN(CCc2ccccc2)CC1. The number of aliphatic hydroxyl groups is 1. The summed E-state index contributed by atoms with van der Waals surface area (Å²) in [6, 6.07) is 11.3. The molecule has 0 amide bonds. The summed E-state index contributed by atoms with van der Waals surface area (Å²) in [5.74, 6) is 0. The van der Waals surface area contributed by atoms with Crippen LogP contribution >= 0.6 is 0 Å². The third kappa shape index (κ3) is 6.44. The fourth-order valence-electron chi connectivity index (χ4n) is 3.08. The third-order valence-corrected chi connectivity index (χ3v) is 4.37. The van der Waals surface area contributed by atoms with Crippen LogP contribution in [0.3, 0.4) is 0 Å². The molecule has 1 aromatic carbocycles.